The molecule has 1 heterocycles. The lowest BCUT2D eigenvalue weighted by atomic mass is 10.1. The first-order valence-corrected chi connectivity index (χ1v) is 7.09. The summed E-state index contributed by atoms with van der Waals surface area (Å²) < 4.78 is 19.4. The van der Waals surface area contributed by atoms with E-state index in [4.69, 9.17) is 10.5 Å². The minimum absolute atomic E-state index is 0.0177. The standard InChI is InChI=1S/C16H19FN2O2/c17-15-10-12(4-3-8-18)6-7-14(15)16(20)19-11-13-5-1-2-9-21-13/h6-7,10,13H,1-2,5,8-9,11,18H2,(H,19,20). The number of rotatable bonds is 3. The van der Waals surface area contributed by atoms with Gasteiger partial charge >= 0.3 is 0 Å². The van der Waals surface area contributed by atoms with Gasteiger partial charge in [-0.05, 0) is 37.5 Å². The van der Waals surface area contributed by atoms with Crippen molar-refractivity contribution in [2.24, 2.45) is 5.73 Å². The minimum Gasteiger partial charge on any atom is -0.376 e. The van der Waals surface area contributed by atoms with Crippen molar-refractivity contribution in [1.82, 2.24) is 5.32 Å². The molecule has 0 aliphatic carbocycles. The van der Waals surface area contributed by atoms with E-state index in [0.29, 0.717) is 12.1 Å². The number of hydrogen-bond acceptors (Lipinski definition) is 3. The van der Waals surface area contributed by atoms with Crippen molar-refractivity contribution in [2.45, 2.75) is 25.4 Å². The summed E-state index contributed by atoms with van der Waals surface area (Å²) in [6, 6.07) is 4.29. The largest absolute Gasteiger partial charge is 0.376 e. The quantitative estimate of drug-likeness (QED) is 0.828. The molecule has 4 nitrogen and oxygen atoms in total. The highest BCUT2D eigenvalue weighted by molar-refractivity contribution is 5.94. The zero-order chi connectivity index (χ0) is 15.1. The maximum Gasteiger partial charge on any atom is 0.254 e. The molecule has 1 amide bonds. The van der Waals surface area contributed by atoms with Crippen LogP contribution in [0, 0.1) is 17.7 Å². The van der Waals surface area contributed by atoms with Gasteiger partial charge in [0.2, 0.25) is 0 Å². The number of amides is 1. The van der Waals surface area contributed by atoms with Crippen LogP contribution in [0.5, 0.6) is 0 Å². The summed E-state index contributed by atoms with van der Waals surface area (Å²) in [5, 5.41) is 2.71. The fourth-order valence-electron chi connectivity index (χ4n) is 2.20. The van der Waals surface area contributed by atoms with Gasteiger partial charge in [0.25, 0.3) is 5.91 Å². The van der Waals surface area contributed by atoms with E-state index in [1.165, 1.54) is 12.1 Å². The Bertz CT molecular complexity index is 557. The van der Waals surface area contributed by atoms with Crippen LogP contribution in [-0.4, -0.2) is 31.7 Å². The Morgan fingerprint density at radius 2 is 2.33 bits per heavy atom. The lowest BCUT2D eigenvalue weighted by Crippen LogP contribution is -2.35. The molecule has 112 valence electrons. The SMILES string of the molecule is NCC#Cc1ccc(C(=O)NCC2CCCCO2)c(F)c1. The molecule has 5 heteroatoms. The number of hydrogen-bond donors (Lipinski definition) is 2. The molecule has 1 aromatic rings. The second kappa shape index (κ2) is 7.77. The third-order valence-electron chi connectivity index (χ3n) is 3.31. The third-order valence-corrected chi connectivity index (χ3v) is 3.31. The summed E-state index contributed by atoms with van der Waals surface area (Å²) >= 11 is 0. The molecule has 1 fully saturated rings. The highest BCUT2D eigenvalue weighted by Gasteiger charge is 2.17. The smallest absolute Gasteiger partial charge is 0.254 e. The maximum absolute atomic E-state index is 13.9. The monoisotopic (exact) mass is 290 g/mol. The van der Waals surface area contributed by atoms with Crippen LogP contribution in [-0.2, 0) is 4.74 Å². The molecule has 1 aliphatic heterocycles. The average Bonchev–Trinajstić information content (AvgIpc) is 2.51. The van der Waals surface area contributed by atoms with Crippen LogP contribution in [0.3, 0.4) is 0 Å². The van der Waals surface area contributed by atoms with Crippen LogP contribution in [0.4, 0.5) is 4.39 Å². The van der Waals surface area contributed by atoms with E-state index in [0.717, 1.165) is 25.9 Å². The minimum atomic E-state index is -0.583. The van der Waals surface area contributed by atoms with E-state index in [1.807, 2.05) is 0 Å². The molecule has 1 aromatic carbocycles. The molecule has 0 aromatic heterocycles. The van der Waals surface area contributed by atoms with Crippen molar-refractivity contribution in [3.63, 3.8) is 0 Å². The lowest BCUT2D eigenvalue weighted by Gasteiger charge is -2.22. The van der Waals surface area contributed by atoms with E-state index in [2.05, 4.69) is 17.2 Å². The Labute approximate surface area is 123 Å². The van der Waals surface area contributed by atoms with Gasteiger partial charge in [-0.15, -0.1) is 0 Å². The van der Waals surface area contributed by atoms with Crippen molar-refractivity contribution in [2.75, 3.05) is 19.7 Å². The predicted octanol–water partition coefficient (Wildman–Crippen LogP) is 1.43. The van der Waals surface area contributed by atoms with E-state index in [-0.39, 0.29) is 18.2 Å². The summed E-state index contributed by atoms with van der Waals surface area (Å²) in [6.45, 7) is 1.35. The van der Waals surface area contributed by atoms with Crippen molar-refractivity contribution >= 4 is 5.91 Å². The maximum atomic E-state index is 13.9. The number of halogens is 1. The summed E-state index contributed by atoms with van der Waals surface area (Å²) in [6.07, 6.45) is 3.12. The first kappa shape index (κ1) is 15.5. The topological polar surface area (TPSA) is 64.4 Å². The molecule has 0 saturated carbocycles. The predicted molar refractivity (Wildman–Crippen MR) is 78.3 cm³/mol. The number of nitrogens with one attached hydrogen (secondary N) is 1. The van der Waals surface area contributed by atoms with Gasteiger partial charge < -0.3 is 15.8 Å². The zero-order valence-corrected chi connectivity index (χ0v) is 11.8. The van der Waals surface area contributed by atoms with Gasteiger partial charge in [-0.3, -0.25) is 4.79 Å². The molecule has 1 aliphatic rings. The number of carbonyl (C=O) groups excluding carboxylic acids is 1. The van der Waals surface area contributed by atoms with Crippen LogP contribution in [0.2, 0.25) is 0 Å². The number of nitrogens with two attached hydrogens (primary N) is 1. The van der Waals surface area contributed by atoms with Crippen LogP contribution in [0.25, 0.3) is 0 Å². The van der Waals surface area contributed by atoms with Gasteiger partial charge in [-0.2, -0.15) is 0 Å². The normalized spacial score (nSPS) is 17.7. The van der Waals surface area contributed by atoms with Gasteiger partial charge in [0.05, 0.1) is 18.2 Å². The Balaban J connectivity index is 1.95. The molecular formula is C16H19FN2O2. The van der Waals surface area contributed by atoms with Gasteiger partial charge in [0.15, 0.2) is 0 Å². The first-order chi connectivity index (χ1) is 10.2. The van der Waals surface area contributed by atoms with Crippen molar-refractivity contribution in [3.8, 4) is 11.8 Å². The Morgan fingerprint density at radius 1 is 1.48 bits per heavy atom. The van der Waals surface area contributed by atoms with Crippen molar-refractivity contribution < 1.29 is 13.9 Å². The molecular weight excluding hydrogens is 271 g/mol. The lowest BCUT2D eigenvalue weighted by molar-refractivity contribution is 0.0168. The summed E-state index contributed by atoms with van der Waals surface area (Å²) in [5.74, 6) is 4.36. The van der Waals surface area contributed by atoms with E-state index in [1.54, 1.807) is 6.07 Å². The van der Waals surface area contributed by atoms with Crippen LogP contribution < -0.4 is 11.1 Å². The highest BCUT2D eigenvalue weighted by Crippen LogP contribution is 2.13. The van der Waals surface area contributed by atoms with Crippen LogP contribution >= 0.6 is 0 Å². The van der Waals surface area contributed by atoms with Crippen LogP contribution in [0.15, 0.2) is 18.2 Å². The van der Waals surface area contributed by atoms with Gasteiger partial charge in [0, 0.05) is 18.7 Å². The van der Waals surface area contributed by atoms with E-state index in [9.17, 15) is 9.18 Å². The van der Waals surface area contributed by atoms with Gasteiger partial charge in [-0.25, -0.2) is 4.39 Å². The molecule has 1 saturated heterocycles. The Hall–Kier alpha value is -1.90. The molecule has 21 heavy (non-hydrogen) atoms. The number of benzene rings is 1. The van der Waals surface area contributed by atoms with Crippen molar-refractivity contribution in [1.29, 1.82) is 0 Å². The van der Waals surface area contributed by atoms with E-state index < -0.39 is 11.7 Å². The fourth-order valence-corrected chi connectivity index (χ4v) is 2.20. The third kappa shape index (κ3) is 4.55. The molecule has 1 unspecified atom stereocenters. The Morgan fingerprint density at radius 3 is 3.00 bits per heavy atom. The summed E-state index contributed by atoms with van der Waals surface area (Å²) in [5.41, 5.74) is 5.78. The summed E-state index contributed by atoms with van der Waals surface area (Å²) in [4.78, 5) is 12.0. The molecule has 0 spiro atoms. The second-order valence-electron chi connectivity index (χ2n) is 4.90. The van der Waals surface area contributed by atoms with Crippen molar-refractivity contribution in [3.05, 3.63) is 35.1 Å². The first-order valence-electron chi connectivity index (χ1n) is 7.09. The van der Waals surface area contributed by atoms with Gasteiger partial charge in [0.1, 0.15) is 5.82 Å². The zero-order valence-electron chi connectivity index (χ0n) is 11.8. The van der Waals surface area contributed by atoms with Crippen LogP contribution in [0.1, 0.15) is 35.2 Å². The molecule has 0 radical (unpaired) electrons. The van der Waals surface area contributed by atoms with E-state index >= 15 is 0 Å². The number of carbonyl (C=O) groups is 1. The fraction of sp³-hybridized carbons (Fsp3) is 0.438. The average molecular weight is 290 g/mol. The molecule has 2 rings (SSSR count). The van der Waals surface area contributed by atoms with Gasteiger partial charge in [-0.1, -0.05) is 11.8 Å². The highest BCUT2D eigenvalue weighted by atomic mass is 19.1. The molecule has 0 bridgehead atoms. The molecule has 1 atom stereocenters. The summed E-state index contributed by atoms with van der Waals surface area (Å²) in [7, 11) is 0. The number of ether oxygens (including phenoxy) is 1. The second-order valence-corrected chi connectivity index (χ2v) is 4.90. The molecule has 3 N–H and O–H groups in total. The Kier molecular flexibility index (Phi) is 5.73.